The summed E-state index contributed by atoms with van der Waals surface area (Å²) in [4.78, 5) is 11.5. The Kier molecular flexibility index (Phi) is 2.74. The lowest BCUT2D eigenvalue weighted by molar-refractivity contribution is 0.318. The lowest BCUT2D eigenvalue weighted by Gasteiger charge is -2.22. The molecule has 1 aromatic rings. The summed E-state index contributed by atoms with van der Waals surface area (Å²) in [6.07, 6.45) is 5.74. The number of hydrogen-bond acceptors (Lipinski definition) is 4. The molecule has 0 amide bonds. The van der Waals surface area contributed by atoms with Crippen LogP contribution in [0.3, 0.4) is 0 Å². The van der Waals surface area contributed by atoms with E-state index in [-0.39, 0.29) is 0 Å². The topological polar surface area (TPSA) is 41.1 Å². The van der Waals surface area contributed by atoms with Gasteiger partial charge in [0.1, 0.15) is 5.82 Å². The van der Waals surface area contributed by atoms with Crippen molar-refractivity contribution in [1.82, 2.24) is 14.9 Å². The standard InChI is InChI=1S/C13H20N4/c1-9-8-14-10(2)13(15-9)16-11-5-7-17-6-3-4-12(11)17/h8,11-12H,3-7H2,1-2H3,(H,15,16). The van der Waals surface area contributed by atoms with Crippen molar-refractivity contribution in [2.24, 2.45) is 0 Å². The molecule has 0 radical (unpaired) electrons. The Morgan fingerprint density at radius 2 is 2.18 bits per heavy atom. The summed E-state index contributed by atoms with van der Waals surface area (Å²) in [5.41, 5.74) is 1.99. The highest BCUT2D eigenvalue weighted by Gasteiger charge is 2.37. The lowest BCUT2D eigenvalue weighted by Crippen LogP contribution is -2.34. The van der Waals surface area contributed by atoms with Crippen molar-refractivity contribution in [3.8, 4) is 0 Å². The minimum absolute atomic E-state index is 0.562. The molecule has 1 aromatic heterocycles. The summed E-state index contributed by atoms with van der Waals surface area (Å²) in [5, 5.41) is 3.61. The molecule has 3 heterocycles. The van der Waals surface area contributed by atoms with Gasteiger partial charge in [0.15, 0.2) is 0 Å². The second-order valence-corrected chi connectivity index (χ2v) is 5.23. The number of anilines is 1. The van der Waals surface area contributed by atoms with Gasteiger partial charge in [-0.15, -0.1) is 0 Å². The van der Waals surface area contributed by atoms with Crippen LogP contribution in [0.25, 0.3) is 0 Å². The van der Waals surface area contributed by atoms with Crippen molar-refractivity contribution in [2.75, 3.05) is 18.4 Å². The van der Waals surface area contributed by atoms with Crippen molar-refractivity contribution < 1.29 is 0 Å². The first-order valence-corrected chi connectivity index (χ1v) is 6.55. The van der Waals surface area contributed by atoms with Gasteiger partial charge in [-0.25, -0.2) is 4.98 Å². The molecule has 4 nitrogen and oxygen atoms in total. The predicted octanol–water partition coefficient (Wildman–Crippen LogP) is 1.74. The number of fused-ring (bicyclic) bond motifs is 1. The van der Waals surface area contributed by atoms with E-state index in [9.17, 15) is 0 Å². The molecule has 92 valence electrons. The Balaban J connectivity index is 1.76. The smallest absolute Gasteiger partial charge is 0.148 e. The van der Waals surface area contributed by atoms with E-state index < -0.39 is 0 Å². The Hall–Kier alpha value is -1.16. The maximum atomic E-state index is 4.56. The third-order valence-corrected chi connectivity index (χ3v) is 4.00. The Labute approximate surface area is 102 Å². The van der Waals surface area contributed by atoms with Gasteiger partial charge in [-0.1, -0.05) is 0 Å². The predicted molar refractivity (Wildman–Crippen MR) is 68.1 cm³/mol. The van der Waals surface area contributed by atoms with Crippen LogP contribution in [0.15, 0.2) is 6.20 Å². The number of aryl methyl sites for hydroxylation is 2. The van der Waals surface area contributed by atoms with Crippen LogP contribution in [0.4, 0.5) is 5.82 Å². The summed E-state index contributed by atoms with van der Waals surface area (Å²) < 4.78 is 0. The molecule has 3 rings (SSSR count). The summed E-state index contributed by atoms with van der Waals surface area (Å²) in [6.45, 7) is 6.53. The summed E-state index contributed by atoms with van der Waals surface area (Å²) in [7, 11) is 0. The average Bonchev–Trinajstić information content (AvgIpc) is 2.88. The SMILES string of the molecule is Cc1cnc(C)c(NC2CCN3CCCC23)n1. The van der Waals surface area contributed by atoms with Crippen molar-refractivity contribution in [1.29, 1.82) is 0 Å². The minimum atomic E-state index is 0.562. The van der Waals surface area contributed by atoms with Crippen molar-refractivity contribution in [2.45, 2.75) is 45.2 Å². The Morgan fingerprint density at radius 3 is 3.06 bits per heavy atom. The minimum Gasteiger partial charge on any atom is -0.364 e. The van der Waals surface area contributed by atoms with Gasteiger partial charge in [0.2, 0.25) is 0 Å². The molecule has 2 unspecified atom stereocenters. The summed E-state index contributed by atoms with van der Waals surface area (Å²) in [6, 6.07) is 1.28. The van der Waals surface area contributed by atoms with E-state index >= 15 is 0 Å². The molecule has 2 fully saturated rings. The van der Waals surface area contributed by atoms with Gasteiger partial charge in [-0.3, -0.25) is 9.88 Å². The average molecular weight is 232 g/mol. The normalized spacial score (nSPS) is 28.4. The second-order valence-electron chi connectivity index (χ2n) is 5.23. The zero-order chi connectivity index (χ0) is 11.8. The van der Waals surface area contributed by atoms with Crippen LogP contribution in [0, 0.1) is 13.8 Å². The molecule has 0 aliphatic carbocycles. The molecule has 2 saturated heterocycles. The summed E-state index contributed by atoms with van der Waals surface area (Å²) >= 11 is 0. The van der Waals surface area contributed by atoms with Crippen LogP contribution in [-0.2, 0) is 0 Å². The lowest BCUT2D eigenvalue weighted by atomic mass is 10.1. The third kappa shape index (κ3) is 2.02. The van der Waals surface area contributed by atoms with E-state index in [2.05, 4.69) is 20.2 Å². The van der Waals surface area contributed by atoms with E-state index in [1.165, 1.54) is 32.4 Å². The van der Waals surface area contributed by atoms with Crippen LogP contribution in [0.2, 0.25) is 0 Å². The fourth-order valence-corrected chi connectivity index (χ4v) is 3.10. The van der Waals surface area contributed by atoms with Crippen LogP contribution in [0.1, 0.15) is 30.7 Å². The van der Waals surface area contributed by atoms with Crippen LogP contribution in [0.5, 0.6) is 0 Å². The zero-order valence-corrected chi connectivity index (χ0v) is 10.6. The van der Waals surface area contributed by atoms with Crippen molar-refractivity contribution in [3.05, 3.63) is 17.6 Å². The van der Waals surface area contributed by atoms with Gasteiger partial charge >= 0.3 is 0 Å². The first-order valence-electron chi connectivity index (χ1n) is 6.55. The van der Waals surface area contributed by atoms with Crippen LogP contribution < -0.4 is 5.32 Å². The maximum absolute atomic E-state index is 4.56. The number of nitrogens with one attached hydrogen (secondary N) is 1. The third-order valence-electron chi connectivity index (χ3n) is 4.00. The van der Waals surface area contributed by atoms with E-state index in [1.54, 1.807) is 0 Å². The van der Waals surface area contributed by atoms with E-state index in [4.69, 9.17) is 0 Å². The Bertz CT molecular complexity index is 418. The van der Waals surface area contributed by atoms with Crippen LogP contribution in [-0.4, -0.2) is 40.0 Å². The quantitative estimate of drug-likeness (QED) is 0.843. The van der Waals surface area contributed by atoms with Gasteiger partial charge in [0.25, 0.3) is 0 Å². The number of hydrogen-bond donors (Lipinski definition) is 1. The molecule has 0 saturated carbocycles. The summed E-state index contributed by atoms with van der Waals surface area (Å²) in [5.74, 6) is 0.976. The van der Waals surface area contributed by atoms with Gasteiger partial charge in [-0.05, 0) is 39.7 Å². The molecule has 0 aromatic carbocycles. The van der Waals surface area contributed by atoms with Gasteiger partial charge in [-0.2, -0.15) is 0 Å². The second kappa shape index (κ2) is 4.26. The van der Waals surface area contributed by atoms with Crippen molar-refractivity contribution in [3.63, 3.8) is 0 Å². The first kappa shape index (κ1) is 11.0. The molecule has 4 heteroatoms. The molecule has 0 bridgehead atoms. The maximum Gasteiger partial charge on any atom is 0.148 e. The molecule has 1 N–H and O–H groups in total. The number of nitrogens with zero attached hydrogens (tertiary/aromatic N) is 3. The van der Waals surface area contributed by atoms with E-state index in [0.29, 0.717) is 6.04 Å². The van der Waals surface area contributed by atoms with Gasteiger partial charge in [0.05, 0.1) is 11.4 Å². The van der Waals surface area contributed by atoms with Crippen molar-refractivity contribution >= 4 is 5.82 Å². The zero-order valence-electron chi connectivity index (χ0n) is 10.6. The number of aromatic nitrogens is 2. The largest absolute Gasteiger partial charge is 0.364 e. The molecule has 2 aliphatic heterocycles. The first-order chi connectivity index (χ1) is 8.24. The highest BCUT2D eigenvalue weighted by molar-refractivity contribution is 5.41. The molecular weight excluding hydrogens is 212 g/mol. The Morgan fingerprint density at radius 1 is 1.29 bits per heavy atom. The number of rotatable bonds is 2. The van der Waals surface area contributed by atoms with E-state index in [1.807, 2.05) is 20.0 Å². The fraction of sp³-hybridized carbons (Fsp3) is 0.692. The van der Waals surface area contributed by atoms with Gasteiger partial charge < -0.3 is 5.32 Å². The van der Waals surface area contributed by atoms with Gasteiger partial charge in [0, 0.05) is 24.8 Å². The monoisotopic (exact) mass is 232 g/mol. The molecule has 2 aliphatic rings. The highest BCUT2D eigenvalue weighted by Crippen LogP contribution is 2.30. The molecule has 2 atom stereocenters. The molecular formula is C13H20N4. The fourth-order valence-electron chi connectivity index (χ4n) is 3.10. The highest BCUT2D eigenvalue weighted by atomic mass is 15.2. The molecule has 17 heavy (non-hydrogen) atoms. The van der Waals surface area contributed by atoms with E-state index in [0.717, 1.165) is 23.2 Å². The van der Waals surface area contributed by atoms with Crippen LogP contribution >= 0.6 is 0 Å². The molecule has 0 spiro atoms.